The summed E-state index contributed by atoms with van der Waals surface area (Å²) in [4.78, 5) is 73.9. The summed E-state index contributed by atoms with van der Waals surface area (Å²) in [5.41, 5.74) is 0.423. The van der Waals surface area contributed by atoms with Gasteiger partial charge in [-0.1, -0.05) is 95.5 Å². The molecule has 7 rings (SSSR count). The lowest BCUT2D eigenvalue weighted by atomic mass is 9.46. The Morgan fingerprint density at radius 3 is 2.26 bits per heavy atom. The largest absolute Gasteiger partial charge is 0.467 e. The normalized spacial score (nSPS) is 25.9. The molecule has 318 valence electrons. The number of hydrogen-bond donors (Lipinski definition) is 4. The summed E-state index contributed by atoms with van der Waals surface area (Å²) in [5.74, 6) is 0.0636. The number of rotatable bonds is 20. The van der Waals surface area contributed by atoms with Crippen LogP contribution >= 0.6 is 0 Å². The van der Waals surface area contributed by atoms with Crippen LogP contribution < -0.4 is 21.3 Å². The van der Waals surface area contributed by atoms with Gasteiger partial charge in [0.15, 0.2) is 0 Å². The van der Waals surface area contributed by atoms with Gasteiger partial charge in [-0.3, -0.25) is 19.2 Å². The molecule has 8 atom stereocenters. The van der Waals surface area contributed by atoms with Crippen molar-refractivity contribution in [2.45, 2.75) is 160 Å². The fraction of sp³-hybridized carbons (Fsp3) is 0.696. The van der Waals surface area contributed by atoms with Crippen LogP contribution in [-0.4, -0.2) is 69.9 Å². The monoisotopic (exact) mass is 801 g/mol. The van der Waals surface area contributed by atoms with Gasteiger partial charge < -0.3 is 30.6 Å². The van der Waals surface area contributed by atoms with E-state index in [2.05, 4.69) is 40.1 Å². The first-order valence-electron chi connectivity index (χ1n) is 22.2. The van der Waals surface area contributed by atoms with E-state index in [1.165, 1.54) is 13.5 Å². The second-order valence-corrected chi connectivity index (χ2v) is 18.6. The van der Waals surface area contributed by atoms with Gasteiger partial charge in [-0.25, -0.2) is 9.78 Å². The fourth-order valence-electron chi connectivity index (χ4n) is 11.0. The van der Waals surface area contributed by atoms with Crippen molar-refractivity contribution in [1.29, 1.82) is 0 Å². The summed E-state index contributed by atoms with van der Waals surface area (Å²) in [6.45, 7) is 4.41. The molecule has 4 N–H and O–H groups in total. The highest BCUT2D eigenvalue weighted by atomic mass is 16.5. The lowest BCUT2D eigenvalue weighted by molar-refractivity contribution is -0.155. The average molecular weight is 801 g/mol. The van der Waals surface area contributed by atoms with E-state index >= 15 is 0 Å². The highest BCUT2D eigenvalue weighted by Gasteiger charge is 2.61. The molecule has 5 fully saturated rings. The Morgan fingerprint density at radius 1 is 0.879 bits per heavy atom. The van der Waals surface area contributed by atoms with Gasteiger partial charge in [0.1, 0.15) is 18.1 Å². The number of aryl methyl sites for hydroxylation is 1. The molecule has 1 aromatic heterocycles. The number of hydrogen-bond acceptors (Lipinski definition) is 7. The maximum absolute atomic E-state index is 14.8. The van der Waals surface area contributed by atoms with Crippen LogP contribution in [0.1, 0.15) is 134 Å². The summed E-state index contributed by atoms with van der Waals surface area (Å²) in [6, 6.07) is 7.04. The van der Waals surface area contributed by atoms with E-state index in [1.54, 1.807) is 12.5 Å². The first kappa shape index (κ1) is 43.4. The Kier molecular flexibility index (Phi) is 14.7. The van der Waals surface area contributed by atoms with Gasteiger partial charge in [-0.05, 0) is 80.6 Å². The zero-order chi connectivity index (χ0) is 41.3. The van der Waals surface area contributed by atoms with Crippen molar-refractivity contribution in [1.82, 2.24) is 30.8 Å². The van der Waals surface area contributed by atoms with Crippen molar-refractivity contribution in [3.8, 4) is 0 Å². The highest BCUT2D eigenvalue weighted by Crippen LogP contribution is 2.61. The highest BCUT2D eigenvalue weighted by molar-refractivity contribution is 5.93. The third-order valence-electron chi connectivity index (χ3n) is 14.0. The number of carbonyl (C=O) groups is 5. The topological polar surface area (TPSA) is 161 Å². The molecule has 4 amide bonds. The van der Waals surface area contributed by atoms with Crippen molar-refractivity contribution in [3.63, 3.8) is 0 Å². The zero-order valence-corrected chi connectivity index (χ0v) is 35.4. The second kappa shape index (κ2) is 19.7. The van der Waals surface area contributed by atoms with Crippen LogP contribution in [0.15, 0.2) is 42.9 Å². The minimum absolute atomic E-state index is 0.131. The molecule has 5 saturated carbocycles. The first-order valence-corrected chi connectivity index (χ1v) is 22.2. The summed E-state index contributed by atoms with van der Waals surface area (Å²) in [7, 11) is 3.20. The van der Waals surface area contributed by atoms with Crippen molar-refractivity contribution >= 4 is 29.6 Å². The number of methoxy groups -OCH3 is 1. The van der Waals surface area contributed by atoms with E-state index < -0.39 is 35.0 Å². The third-order valence-corrected chi connectivity index (χ3v) is 14.0. The molecule has 0 aliphatic heterocycles. The second-order valence-electron chi connectivity index (χ2n) is 18.6. The molecule has 0 spiro atoms. The van der Waals surface area contributed by atoms with Crippen molar-refractivity contribution in [3.05, 3.63) is 54.1 Å². The number of amides is 4. The molecule has 12 heteroatoms. The Bertz CT molecular complexity index is 1710. The van der Waals surface area contributed by atoms with Gasteiger partial charge in [0.25, 0.3) is 0 Å². The van der Waals surface area contributed by atoms with Gasteiger partial charge in [0.2, 0.25) is 23.6 Å². The maximum atomic E-state index is 14.8. The number of imidazole rings is 1. The molecule has 12 nitrogen and oxygen atoms in total. The smallest absolute Gasteiger partial charge is 0.328 e. The van der Waals surface area contributed by atoms with E-state index in [0.29, 0.717) is 37.5 Å². The van der Waals surface area contributed by atoms with Crippen molar-refractivity contribution in [2.75, 3.05) is 7.11 Å². The lowest BCUT2D eigenvalue weighted by Gasteiger charge is -2.61. The summed E-state index contributed by atoms with van der Waals surface area (Å²) < 4.78 is 6.98. The third kappa shape index (κ3) is 11.1. The number of nitrogens with one attached hydrogen (secondary N) is 4. The van der Waals surface area contributed by atoms with E-state index in [4.69, 9.17) is 4.74 Å². The van der Waals surface area contributed by atoms with E-state index in [0.717, 1.165) is 94.7 Å². The van der Waals surface area contributed by atoms with Gasteiger partial charge in [-0.2, -0.15) is 0 Å². The van der Waals surface area contributed by atoms with Crippen LogP contribution in [0.5, 0.6) is 0 Å². The van der Waals surface area contributed by atoms with Crippen molar-refractivity contribution < 1.29 is 28.7 Å². The summed E-state index contributed by atoms with van der Waals surface area (Å²) in [5, 5.41) is 12.7. The molecule has 1 aromatic carbocycles. The summed E-state index contributed by atoms with van der Waals surface area (Å²) >= 11 is 0. The molecule has 0 radical (unpaired) electrons. The molecule has 5 aliphatic rings. The molecule has 1 heterocycles. The molecular formula is C46H68N6O6. The van der Waals surface area contributed by atoms with Gasteiger partial charge in [0, 0.05) is 43.7 Å². The number of aromatic nitrogens is 2. The fourth-order valence-corrected chi connectivity index (χ4v) is 11.0. The van der Waals surface area contributed by atoms with E-state index in [9.17, 15) is 24.0 Å². The Hall–Kier alpha value is -4.22. The number of unbranched alkanes of at least 4 members (excludes halogenated alkanes) is 1. The molecule has 2 aromatic rings. The lowest BCUT2D eigenvalue weighted by Crippen LogP contribution is -2.68. The zero-order valence-electron chi connectivity index (χ0n) is 35.4. The number of benzene rings is 1. The van der Waals surface area contributed by atoms with Crippen LogP contribution in [-0.2, 0) is 48.6 Å². The van der Waals surface area contributed by atoms with E-state index in [1.807, 2.05) is 41.9 Å². The van der Waals surface area contributed by atoms with Crippen LogP contribution in [0.2, 0.25) is 0 Å². The Balaban J connectivity index is 1.17. The standard InChI is InChI=1S/C46H68N6O6/c1-5-31(2)14-12-13-19-40(53)48-38(23-36-28-47-30-52(36)3)42(55)51-46-26-34-20-35(27-46)25-45(24-34,29-46)44(57)50-37(21-32-15-8-6-9-16-32)41(54)49-39(43(56)58-4)22-33-17-10-7-11-18-33/h7,10-11,17-18,28,30-32,34-35,37-39H,5-6,8-9,12-16,19-27,29H2,1-4H3,(H,48,53)(H,49,54)(H,50,57)(H,51,55)/t31?,34-,35+,37-,38-,39-,45?,46?/m0/s1. The molecule has 58 heavy (non-hydrogen) atoms. The average Bonchev–Trinajstić information content (AvgIpc) is 3.61. The van der Waals surface area contributed by atoms with Gasteiger partial charge in [-0.15, -0.1) is 0 Å². The van der Waals surface area contributed by atoms with Gasteiger partial charge in [0.05, 0.1) is 18.9 Å². The number of esters is 1. The van der Waals surface area contributed by atoms with Crippen molar-refractivity contribution in [2.24, 2.45) is 36.1 Å². The van der Waals surface area contributed by atoms with Crippen LogP contribution in [0.3, 0.4) is 0 Å². The van der Waals surface area contributed by atoms with Crippen LogP contribution in [0, 0.1) is 29.1 Å². The van der Waals surface area contributed by atoms with E-state index in [-0.39, 0.29) is 41.9 Å². The maximum Gasteiger partial charge on any atom is 0.328 e. The van der Waals surface area contributed by atoms with Gasteiger partial charge >= 0.3 is 5.97 Å². The van der Waals surface area contributed by atoms with Crippen LogP contribution in [0.25, 0.3) is 0 Å². The molecule has 5 aliphatic carbocycles. The first-order chi connectivity index (χ1) is 27.9. The predicted octanol–water partition coefficient (Wildman–Crippen LogP) is 5.86. The minimum atomic E-state index is -0.895. The number of carbonyl (C=O) groups excluding carboxylic acids is 5. The number of ether oxygens (including phenoxy) is 1. The molecule has 3 unspecified atom stereocenters. The van der Waals surface area contributed by atoms with Crippen LogP contribution in [0.4, 0.5) is 0 Å². The quantitative estimate of drug-likeness (QED) is 0.0964. The predicted molar refractivity (Wildman–Crippen MR) is 222 cm³/mol. The molecule has 0 saturated heterocycles. The molecule has 4 bridgehead atoms. The SMILES string of the molecule is CCC(C)CCCCC(=O)N[C@@H](Cc1cncn1C)C(=O)NC12C[C@H]3C[C@@H](C1)CC(C(=O)N[C@@H](CC1CCCCC1)C(=O)N[C@@H](Cc1ccccc1)C(=O)OC)(C3)C2. The molecular weight excluding hydrogens is 733 g/mol. The Labute approximate surface area is 345 Å². The summed E-state index contributed by atoms with van der Waals surface area (Å²) in [6.07, 6.45) is 18.7. The Morgan fingerprint density at radius 2 is 1.60 bits per heavy atom. The number of nitrogens with zero attached hydrogens (tertiary/aromatic N) is 2. The minimum Gasteiger partial charge on any atom is -0.467 e.